The number of aliphatic imine (C=N–C) groups is 1. The molecule has 2 N–H and O–H groups in total. The van der Waals surface area contributed by atoms with Crippen molar-refractivity contribution in [3.05, 3.63) is 11.1 Å². The third-order valence-electron chi connectivity index (χ3n) is 5.26. The van der Waals surface area contributed by atoms with Crippen molar-refractivity contribution in [2.75, 3.05) is 33.1 Å². The zero-order valence-corrected chi connectivity index (χ0v) is 18.8. The molecule has 25 heavy (non-hydrogen) atoms. The van der Waals surface area contributed by atoms with Gasteiger partial charge in [-0.3, -0.25) is 4.99 Å². The molecule has 1 aromatic rings. The van der Waals surface area contributed by atoms with Gasteiger partial charge in [-0.15, -0.1) is 35.3 Å². The molecule has 2 bridgehead atoms. The van der Waals surface area contributed by atoms with Crippen LogP contribution in [-0.4, -0.2) is 62.2 Å². The minimum absolute atomic E-state index is 0. The standard InChI is InChI=1S/C17H30N6S.HI/c1-18-16(19-10-13-11-24-17(21-13)22(2)3)20-12-8-14-6-5-7-15(9-12)23(14)4;/h11-12,14-15H,5-10H2,1-4H3,(H2,18,19,20);1H. The fraction of sp³-hybridized carbons (Fsp3) is 0.765. The van der Waals surface area contributed by atoms with Crippen LogP contribution in [0.4, 0.5) is 5.13 Å². The SMILES string of the molecule is CN=C(NCc1csc(N(C)C)n1)NC1CC2CCCC(C1)N2C.I. The summed E-state index contributed by atoms with van der Waals surface area (Å²) < 4.78 is 0. The third kappa shape index (κ3) is 5.19. The molecular weight excluding hydrogens is 447 g/mol. The zero-order chi connectivity index (χ0) is 17.1. The molecule has 8 heteroatoms. The maximum Gasteiger partial charge on any atom is 0.191 e. The normalized spacial score (nSPS) is 26.7. The van der Waals surface area contributed by atoms with Crippen LogP contribution in [0.25, 0.3) is 0 Å². The number of guanidine groups is 1. The number of hydrogen-bond acceptors (Lipinski definition) is 5. The van der Waals surface area contributed by atoms with Gasteiger partial charge in [-0.2, -0.15) is 0 Å². The maximum atomic E-state index is 4.61. The van der Waals surface area contributed by atoms with Crippen molar-refractivity contribution >= 4 is 46.4 Å². The summed E-state index contributed by atoms with van der Waals surface area (Å²) in [4.78, 5) is 13.6. The molecule has 142 valence electrons. The number of piperidine rings is 2. The first-order chi connectivity index (χ1) is 11.6. The van der Waals surface area contributed by atoms with Gasteiger partial charge in [-0.05, 0) is 32.7 Å². The number of nitrogens with zero attached hydrogens (tertiary/aromatic N) is 4. The van der Waals surface area contributed by atoms with E-state index < -0.39 is 0 Å². The lowest BCUT2D eigenvalue weighted by atomic mass is 9.82. The van der Waals surface area contributed by atoms with Gasteiger partial charge in [-0.25, -0.2) is 4.98 Å². The van der Waals surface area contributed by atoms with E-state index in [2.05, 4.69) is 37.9 Å². The van der Waals surface area contributed by atoms with Crippen LogP contribution < -0.4 is 15.5 Å². The summed E-state index contributed by atoms with van der Waals surface area (Å²) >= 11 is 1.67. The summed E-state index contributed by atoms with van der Waals surface area (Å²) in [6.45, 7) is 0.712. The number of nitrogens with one attached hydrogen (secondary N) is 2. The molecular formula is C17H31IN6S. The number of hydrogen-bond donors (Lipinski definition) is 2. The summed E-state index contributed by atoms with van der Waals surface area (Å²) in [6.07, 6.45) is 6.49. The van der Waals surface area contributed by atoms with Crippen molar-refractivity contribution in [3.8, 4) is 0 Å². The second-order valence-corrected chi connectivity index (χ2v) is 7.99. The van der Waals surface area contributed by atoms with Crippen molar-refractivity contribution in [2.24, 2.45) is 4.99 Å². The van der Waals surface area contributed by atoms with Crippen LogP contribution in [0.1, 0.15) is 37.8 Å². The Morgan fingerprint density at radius 3 is 2.60 bits per heavy atom. The molecule has 2 fully saturated rings. The lowest BCUT2D eigenvalue weighted by Crippen LogP contribution is -2.56. The summed E-state index contributed by atoms with van der Waals surface area (Å²) in [5.74, 6) is 0.891. The number of rotatable bonds is 4. The van der Waals surface area contributed by atoms with E-state index in [1.54, 1.807) is 11.3 Å². The van der Waals surface area contributed by atoms with Crippen molar-refractivity contribution in [1.29, 1.82) is 0 Å². The van der Waals surface area contributed by atoms with E-state index in [1.165, 1.54) is 32.1 Å². The smallest absolute Gasteiger partial charge is 0.191 e. The van der Waals surface area contributed by atoms with Gasteiger partial charge in [0, 0.05) is 44.6 Å². The van der Waals surface area contributed by atoms with Gasteiger partial charge in [0.15, 0.2) is 11.1 Å². The van der Waals surface area contributed by atoms with Gasteiger partial charge in [0.2, 0.25) is 0 Å². The van der Waals surface area contributed by atoms with Crippen LogP contribution in [0.3, 0.4) is 0 Å². The molecule has 2 aliphatic rings. The van der Waals surface area contributed by atoms with E-state index in [9.17, 15) is 0 Å². The van der Waals surface area contributed by atoms with E-state index in [4.69, 9.17) is 0 Å². The van der Waals surface area contributed by atoms with E-state index in [0.29, 0.717) is 12.6 Å². The summed E-state index contributed by atoms with van der Waals surface area (Å²) in [5, 5.41) is 10.2. The molecule has 2 saturated heterocycles. The Hall–Kier alpha value is -0.610. The van der Waals surface area contributed by atoms with E-state index in [1.807, 2.05) is 26.0 Å². The molecule has 0 radical (unpaired) electrons. The third-order valence-corrected chi connectivity index (χ3v) is 6.32. The molecule has 2 unspecified atom stereocenters. The number of fused-ring (bicyclic) bond motifs is 2. The van der Waals surface area contributed by atoms with Gasteiger partial charge >= 0.3 is 0 Å². The van der Waals surface area contributed by atoms with Gasteiger partial charge in [-0.1, -0.05) is 6.42 Å². The predicted octanol–water partition coefficient (Wildman–Crippen LogP) is 2.51. The highest BCUT2D eigenvalue weighted by molar-refractivity contribution is 14.0. The molecule has 2 aliphatic heterocycles. The average Bonchev–Trinajstić information content (AvgIpc) is 3.01. The minimum atomic E-state index is 0. The van der Waals surface area contributed by atoms with Crippen LogP contribution in [0, 0.1) is 0 Å². The number of halogens is 1. The molecule has 0 saturated carbocycles. The Kier molecular flexibility index (Phi) is 7.75. The maximum absolute atomic E-state index is 4.61. The summed E-state index contributed by atoms with van der Waals surface area (Å²) in [5.41, 5.74) is 1.06. The Balaban J connectivity index is 0.00000225. The average molecular weight is 478 g/mol. The van der Waals surface area contributed by atoms with E-state index in [0.717, 1.165) is 28.9 Å². The Morgan fingerprint density at radius 2 is 2.04 bits per heavy atom. The largest absolute Gasteiger partial charge is 0.354 e. The summed E-state index contributed by atoms with van der Waals surface area (Å²) in [7, 11) is 8.18. The lowest BCUT2D eigenvalue weighted by molar-refractivity contribution is 0.0526. The van der Waals surface area contributed by atoms with Crippen molar-refractivity contribution in [1.82, 2.24) is 20.5 Å². The Bertz CT molecular complexity index is 561. The fourth-order valence-corrected chi connectivity index (χ4v) is 4.64. The lowest BCUT2D eigenvalue weighted by Gasteiger charge is -2.47. The number of anilines is 1. The molecule has 0 amide bonds. The van der Waals surface area contributed by atoms with Gasteiger partial charge in [0.25, 0.3) is 0 Å². The number of aromatic nitrogens is 1. The van der Waals surface area contributed by atoms with Crippen LogP contribution in [-0.2, 0) is 6.54 Å². The van der Waals surface area contributed by atoms with Crippen LogP contribution >= 0.6 is 35.3 Å². The highest BCUT2D eigenvalue weighted by Crippen LogP contribution is 2.32. The van der Waals surface area contributed by atoms with Gasteiger partial charge in [0.1, 0.15) is 0 Å². The predicted molar refractivity (Wildman–Crippen MR) is 117 cm³/mol. The van der Waals surface area contributed by atoms with E-state index in [-0.39, 0.29) is 24.0 Å². The monoisotopic (exact) mass is 478 g/mol. The van der Waals surface area contributed by atoms with Crippen molar-refractivity contribution in [3.63, 3.8) is 0 Å². The minimum Gasteiger partial charge on any atom is -0.354 e. The van der Waals surface area contributed by atoms with Crippen LogP contribution in [0.2, 0.25) is 0 Å². The van der Waals surface area contributed by atoms with Crippen LogP contribution in [0.5, 0.6) is 0 Å². The second-order valence-electron chi connectivity index (χ2n) is 7.16. The molecule has 3 rings (SSSR count). The highest BCUT2D eigenvalue weighted by atomic mass is 127. The van der Waals surface area contributed by atoms with Crippen molar-refractivity contribution < 1.29 is 0 Å². The fourth-order valence-electron chi connectivity index (χ4n) is 3.88. The second kappa shape index (κ2) is 9.36. The molecule has 1 aromatic heterocycles. The highest BCUT2D eigenvalue weighted by Gasteiger charge is 2.36. The first-order valence-electron chi connectivity index (χ1n) is 8.87. The quantitative estimate of drug-likeness (QED) is 0.396. The molecule has 2 atom stereocenters. The van der Waals surface area contributed by atoms with Crippen LogP contribution in [0.15, 0.2) is 10.4 Å². The van der Waals surface area contributed by atoms with Crippen molar-refractivity contribution in [2.45, 2.75) is 56.8 Å². The first kappa shape index (κ1) is 20.7. The molecule has 0 aromatic carbocycles. The summed E-state index contributed by atoms with van der Waals surface area (Å²) in [6, 6.07) is 1.99. The number of thiazole rings is 1. The molecule has 6 nitrogen and oxygen atoms in total. The van der Waals surface area contributed by atoms with E-state index >= 15 is 0 Å². The molecule has 0 aliphatic carbocycles. The Labute approximate surface area is 172 Å². The topological polar surface area (TPSA) is 55.8 Å². The first-order valence-corrected chi connectivity index (χ1v) is 9.75. The zero-order valence-electron chi connectivity index (χ0n) is 15.7. The molecule has 3 heterocycles. The van der Waals surface area contributed by atoms with Gasteiger partial charge in [0.05, 0.1) is 12.2 Å². The molecule has 0 spiro atoms. The van der Waals surface area contributed by atoms with Gasteiger partial charge < -0.3 is 20.4 Å². The Morgan fingerprint density at radius 1 is 1.36 bits per heavy atom.